The fourth-order valence-corrected chi connectivity index (χ4v) is 6.20. The highest BCUT2D eigenvalue weighted by Gasteiger charge is 2.43. The second kappa shape index (κ2) is 11.8. The van der Waals surface area contributed by atoms with E-state index in [1.807, 2.05) is 41.8 Å². The van der Waals surface area contributed by atoms with Crippen LogP contribution in [-0.4, -0.2) is 53.1 Å². The average molecular weight is 513 g/mol. The minimum absolute atomic E-state index is 0.0668. The molecule has 4 rings (SSSR count). The zero-order valence-electron chi connectivity index (χ0n) is 20.6. The van der Waals surface area contributed by atoms with Crippen molar-refractivity contribution >= 4 is 34.9 Å². The second-order valence-electron chi connectivity index (χ2n) is 10.1. The number of hydrogen-bond acceptors (Lipinski definition) is 5. The van der Waals surface area contributed by atoms with Gasteiger partial charge in [0.1, 0.15) is 6.04 Å². The molecule has 1 saturated heterocycles. The largest absolute Gasteiger partial charge is 0.465 e. The average Bonchev–Trinajstić information content (AvgIpc) is 3.39. The lowest BCUT2D eigenvalue weighted by atomic mass is 9.72. The molecule has 0 spiro atoms. The van der Waals surface area contributed by atoms with E-state index in [9.17, 15) is 19.5 Å². The van der Waals surface area contributed by atoms with Crippen LogP contribution < -0.4 is 16.4 Å². The van der Waals surface area contributed by atoms with Crippen molar-refractivity contribution in [1.29, 1.82) is 0 Å². The van der Waals surface area contributed by atoms with Gasteiger partial charge in [0.05, 0.1) is 5.41 Å². The molecule has 3 amide bonds. The summed E-state index contributed by atoms with van der Waals surface area (Å²) in [7, 11) is 0. The summed E-state index contributed by atoms with van der Waals surface area (Å²) in [6.45, 7) is 0.822. The number of thiophene rings is 1. The molecule has 2 aromatic rings. The molecule has 8 nitrogen and oxygen atoms in total. The molecule has 0 radical (unpaired) electrons. The van der Waals surface area contributed by atoms with Gasteiger partial charge in [-0.2, -0.15) is 0 Å². The van der Waals surface area contributed by atoms with Crippen molar-refractivity contribution in [1.82, 2.24) is 15.5 Å². The maximum absolute atomic E-state index is 13.7. The van der Waals surface area contributed by atoms with E-state index in [-0.39, 0.29) is 17.9 Å². The van der Waals surface area contributed by atoms with Crippen molar-refractivity contribution in [3.8, 4) is 0 Å². The summed E-state index contributed by atoms with van der Waals surface area (Å²) in [6.07, 6.45) is 6.27. The standard InChI is InChI=1S/C27H36N4O4S/c28-20-10-8-19(9-11-20)18-27(25(33)29-21-5-2-1-3-6-21)12-14-31(15-13-27)24(32)23(30-26(34)35)17-22-7-4-16-36-22/h4,7-11,16,21,23,30H,1-3,5-6,12-15,17-18,28H2,(H,29,33)(H,34,35). The van der Waals surface area contributed by atoms with Crippen LogP contribution in [0.4, 0.5) is 10.5 Å². The van der Waals surface area contributed by atoms with Gasteiger partial charge in [0.2, 0.25) is 11.8 Å². The number of anilines is 1. The first-order chi connectivity index (χ1) is 17.3. The topological polar surface area (TPSA) is 125 Å². The van der Waals surface area contributed by atoms with E-state index in [1.165, 1.54) is 17.8 Å². The summed E-state index contributed by atoms with van der Waals surface area (Å²) in [5.41, 5.74) is 6.98. The van der Waals surface area contributed by atoms with E-state index >= 15 is 0 Å². The molecule has 1 aliphatic heterocycles. The summed E-state index contributed by atoms with van der Waals surface area (Å²) in [5.74, 6) is -0.170. The van der Waals surface area contributed by atoms with Crippen LogP contribution in [0.15, 0.2) is 41.8 Å². The van der Waals surface area contributed by atoms with Crippen molar-refractivity contribution < 1.29 is 19.5 Å². The van der Waals surface area contributed by atoms with Crippen molar-refractivity contribution in [2.75, 3.05) is 18.8 Å². The number of likely N-dealkylation sites (tertiary alicyclic amines) is 1. The Bertz CT molecular complexity index is 1030. The van der Waals surface area contributed by atoms with E-state index < -0.39 is 17.6 Å². The SMILES string of the molecule is Nc1ccc(CC2(C(=O)NC3CCCCC3)CCN(C(=O)C(Cc3cccs3)NC(=O)O)CC2)cc1. The molecule has 1 aromatic heterocycles. The molecule has 9 heteroatoms. The lowest BCUT2D eigenvalue weighted by molar-refractivity contribution is -0.142. The summed E-state index contributed by atoms with van der Waals surface area (Å²) in [5, 5.41) is 17.0. The number of rotatable bonds is 8. The molecule has 1 aliphatic carbocycles. The Morgan fingerprint density at radius 3 is 2.39 bits per heavy atom. The molecule has 0 bridgehead atoms. The van der Waals surface area contributed by atoms with Gasteiger partial charge in [-0.25, -0.2) is 4.79 Å². The monoisotopic (exact) mass is 512 g/mol. The third kappa shape index (κ3) is 6.57. The summed E-state index contributed by atoms with van der Waals surface area (Å²) >= 11 is 1.50. The first-order valence-electron chi connectivity index (χ1n) is 12.8. The number of nitrogens with two attached hydrogens (primary N) is 1. The number of nitrogens with zero attached hydrogens (tertiary/aromatic N) is 1. The Morgan fingerprint density at radius 2 is 1.78 bits per heavy atom. The first-order valence-corrected chi connectivity index (χ1v) is 13.7. The minimum atomic E-state index is -1.22. The highest BCUT2D eigenvalue weighted by atomic mass is 32.1. The van der Waals surface area contributed by atoms with Crippen LogP contribution in [0.1, 0.15) is 55.4 Å². The number of piperidine rings is 1. The molecule has 2 fully saturated rings. The highest BCUT2D eigenvalue weighted by Crippen LogP contribution is 2.37. The molecule has 1 aromatic carbocycles. The molecule has 2 aliphatic rings. The first kappa shape index (κ1) is 26.0. The van der Waals surface area contributed by atoms with Gasteiger partial charge in [-0.05, 0) is 61.2 Å². The van der Waals surface area contributed by atoms with Gasteiger partial charge in [-0.3, -0.25) is 9.59 Å². The summed E-state index contributed by atoms with van der Waals surface area (Å²) in [4.78, 5) is 41.1. The predicted molar refractivity (Wildman–Crippen MR) is 141 cm³/mol. The van der Waals surface area contributed by atoms with Crippen LogP contribution in [-0.2, 0) is 22.4 Å². The number of benzene rings is 1. The molecular formula is C27H36N4O4S. The number of carboxylic acid groups (broad SMARTS) is 1. The van der Waals surface area contributed by atoms with E-state index in [0.29, 0.717) is 44.5 Å². The quantitative estimate of drug-likeness (QED) is 0.400. The number of nitrogen functional groups attached to an aromatic ring is 1. The van der Waals surface area contributed by atoms with Gasteiger partial charge >= 0.3 is 6.09 Å². The zero-order valence-corrected chi connectivity index (χ0v) is 21.4. The molecule has 1 unspecified atom stereocenters. The minimum Gasteiger partial charge on any atom is -0.465 e. The van der Waals surface area contributed by atoms with Gasteiger partial charge in [0, 0.05) is 36.1 Å². The van der Waals surface area contributed by atoms with E-state index in [4.69, 9.17) is 5.73 Å². The number of hydrogen-bond donors (Lipinski definition) is 4. The van der Waals surface area contributed by atoms with Gasteiger partial charge in [0.15, 0.2) is 0 Å². The van der Waals surface area contributed by atoms with Gasteiger partial charge < -0.3 is 26.4 Å². The fraction of sp³-hybridized carbons (Fsp3) is 0.519. The molecule has 1 atom stereocenters. The predicted octanol–water partition coefficient (Wildman–Crippen LogP) is 3.81. The molecular weight excluding hydrogens is 476 g/mol. The lowest BCUT2D eigenvalue weighted by Gasteiger charge is -2.42. The van der Waals surface area contributed by atoms with Crippen molar-refractivity contribution in [3.63, 3.8) is 0 Å². The molecule has 1 saturated carbocycles. The number of carbonyl (C=O) groups is 3. The van der Waals surface area contributed by atoms with Crippen LogP contribution >= 0.6 is 11.3 Å². The summed E-state index contributed by atoms with van der Waals surface area (Å²) < 4.78 is 0. The van der Waals surface area contributed by atoms with E-state index in [1.54, 1.807) is 4.90 Å². The summed E-state index contributed by atoms with van der Waals surface area (Å²) in [6, 6.07) is 10.8. The highest BCUT2D eigenvalue weighted by molar-refractivity contribution is 7.09. The lowest BCUT2D eigenvalue weighted by Crippen LogP contribution is -2.56. The van der Waals surface area contributed by atoms with Crippen LogP contribution in [0, 0.1) is 5.41 Å². The van der Waals surface area contributed by atoms with Gasteiger partial charge in [0.25, 0.3) is 0 Å². The van der Waals surface area contributed by atoms with Gasteiger partial charge in [-0.1, -0.05) is 37.5 Å². The number of nitrogens with one attached hydrogen (secondary N) is 2. The van der Waals surface area contributed by atoms with Crippen molar-refractivity contribution in [3.05, 3.63) is 52.2 Å². The maximum atomic E-state index is 13.7. The Labute approximate surface area is 216 Å². The maximum Gasteiger partial charge on any atom is 0.405 e. The van der Waals surface area contributed by atoms with Crippen LogP contribution in [0.5, 0.6) is 0 Å². The molecule has 5 N–H and O–H groups in total. The third-order valence-electron chi connectivity index (χ3n) is 7.56. The zero-order chi connectivity index (χ0) is 25.5. The number of amides is 3. The van der Waals surface area contributed by atoms with E-state index in [2.05, 4.69) is 10.6 Å². The van der Waals surface area contributed by atoms with Gasteiger partial charge in [-0.15, -0.1) is 11.3 Å². The normalized spacial score (nSPS) is 18.8. The number of carbonyl (C=O) groups excluding carboxylic acids is 2. The third-order valence-corrected chi connectivity index (χ3v) is 8.46. The Morgan fingerprint density at radius 1 is 1.08 bits per heavy atom. The Balaban J connectivity index is 1.47. The molecule has 2 heterocycles. The van der Waals surface area contributed by atoms with Crippen LogP contribution in [0.2, 0.25) is 0 Å². The van der Waals surface area contributed by atoms with Crippen molar-refractivity contribution in [2.24, 2.45) is 5.41 Å². The molecule has 36 heavy (non-hydrogen) atoms. The second-order valence-corrected chi connectivity index (χ2v) is 11.2. The smallest absolute Gasteiger partial charge is 0.405 e. The Kier molecular flexibility index (Phi) is 8.51. The van der Waals surface area contributed by atoms with Crippen LogP contribution in [0.25, 0.3) is 0 Å². The van der Waals surface area contributed by atoms with Crippen LogP contribution in [0.3, 0.4) is 0 Å². The van der Waals surface area contributed by atoms with Crippen molar-refractivity contribution in [2.45, 2.75) is 69.9 Å². The Hall–Kier alpha value is -3.07. The fourth-order valence-electron chi connectivity index (χ4n) is 5.45. The molecule has 194 valence electrons. The van der Waals surface area contributed by atoms with E-state index in [0.717, 1.165) is 36.1 Å².